The molecular formula is C14H18BrClN4O. The van der Waals surface area contributed by atoms with E-state index in [1.807, 2.05) is 6.07 Å². The minimum absolute atomic E-state index is 0.274. The van der Waals surface area contributed by atoms with Crippen molar-refractivity contribution in [3.05, 3.63) is 22.6 Å². The van der Waals surface area contributed by atoms with E-state index in [1.54, 1.807) is 6.20 Å². The van der Waals surface area contributed by atoms with Crippen LogP contribution in [0.15, 0.2) is 16.7 Å². The van der Waals surface area contributed by atoms with E-state index in [0.717, 1.165) is 54.3 Å². The minimum atomic E-state index is 0.274. The molecule has 0 aromatic carbocycles. The fraction of sp³-hybridized carbons (Fsp3) is 0.571. The Hall–Kier alpha value is -0.690. The lowest BCUT2D eigenvalue weighted by atomic mass is 10.2. The molecule has 0 amide bonds. The summed E-state index contributed by atoms with van der Waals surface area (Å²) in [5.41, 5.74) is 1.78. The van der Waals surface area contributed by atoms with Gasteiger partial charge in [-0.15, -0.1) is 11.6 Å². The van der Waals surface area contributed by atoms with Crippen LogP contribution in [0, 0.1) is 0 Å². The quantitative estimate of drug-likeness (QED) is 0.773. The molecule has 7 heteroatoms. The maximum atomic E-state index is 6.07. The first kappa shape index (κ1) is 15.2. The largest absolute Gasteiger partial charge is 0.379 e. The first-order valence-electron chi connectivity index (χ1n) is 7.07. The molecule has 1 aliphatic heterocycles. The summed E-state index contributed by atoms with van der Waals surface area (Å²) in [5, 5.41) is 0. The van der Waals surface area contributed by atoms with E-state index >= 15 is 0 Å². The lowest BCUT2D eigenvalue weighted by Crippen LogP contribution is -2.39. The van der Waals surface area contributed by atoms with Gasteiger partial charge in [0, 0.05) is 36.3 Å². The molecule has 114 valence electrons. The Bertz CT molecular complexity index is 627. The van der Waals surface area contributed by atoms with Gasteiger partial charge in [0.1, 0.15) is 11.3 Å². The summed E-state index contributed by atoms with van der Waals surface area (Å²) >= 11 is 9.51. The van der Waals surface area contributed by atoms with Gasteiger partial charge in [0.15, 0.2) is 5.65 Å². The molecule has 1 atom stereocenters. The molecule has 0 aliphatic carbocycles. The monoisotopic (exact) mass is 372 g/mol. The van der Waals surface area contributed by atoms with Gasteiger partial charge in [-0.2, -0.15) is 0 Å². The topological polar surface area (TPSA) is 43.2 Å². The van der Waals surface area contributed by atoms with Gasteiger partial charge in [-0.3, -0.25) is 4.90 Å². The first-order chi connectivity index (χ1) is 10.2. The summed E-state index contributed by atoms with van der Waals surface area (Å²) in [5.74, 6) is 1.26. The third kappa shape index (κ3) is 3.23. The number of hydrogen-bond donors (Lipinski definition) is 0. The van der Waals surface area contributed by atoms with E-state index in [1.165, 1.54) is 0 Å². The van der Waals surface area contributed by atoms with Gasteiger partial charge in [0.25, 0.3) is 0 Å². The van der Waals surface area contributed by atoms with Crippen molar-refractivity contribution in [3.8, 4) is 0 Å². The van der Waals surface area contributed by atoms with Crippen molar-refractivity contribution >= 4 is 38.7 Å². The highest BCUT2D eigenvalue weighted by atomic mass is 79.9. The Morgan fingerprint density at radius 2 is 2.19 bits per heavy atom. The SMILES string of the molecule is CC(CN1CCOCC1)n1c(CCl)nc2cc(Br)cnc21. The van der Waals surface area contributed by atoms with Crippen LogP contribution in [0.4, 0.5) is 0 Å². The zero-order valence-corrected chi connectivity index (χ0v) is 14.3. The zero-order chi connectivity index (χ0) is 14.8. The molecule has 3 rings (SSSR count). The number of morpholine rings is 1. The second-order valence-electron chi connectivity index (χ2n) is 5.29. The van der Waals surface area contributed by atoms with Crippen LogP contribution in [0.25, 0.3) is 11.2 Å². The van der Waals surface area contributed by atoms with Gasteiger partial charge in [0.2, 0.25) is 0 Å². The molecule has 1 aliphatic rings. The third-order valence-electron chi connectivity index (χ3n) is 3.76. The van der Waals surface area contributed by atoms with Crippen molar-refractivity contribution in [2.45, 2.75) is 18.8 Å². The van der Waals surface area contributed by atoms with Crippen LogP contribution < -0.4 is 0 Å². The van der Waals surface area contributed by atoms with Crippen LogP contribution in [-0.2, 0) is 10.6 Å². The Morgan fingerprint density at radius 1 is 1.43 bits per heavy atom. The van der Waals surface area contributed by atoms with Crippen LogP contribution in [0.2, 0.25) is 0 Å². The molecule has 0 radical (unpaired) electrons. The van der Waals surface area contributed by atoms with Crippen molar-refractivity contribution < 1.29 is 4.74 Å². The summed E-state index contributed by atoms with van der Waals surface area (Å²) in [4.78, 5) is 11.5. The van der Waals surface area contributed by atoms with E-state index in [2.05, 4.69) is 42.3 Å². The average Bonchev–Trinajstić information content (AvgIpc) is 2.85. The fourth-order valence-corrected chi connectivity index (χ4v) is 3.31. The molecule has 5 nitrogen and oxygen atoms in total. The molecule has 2 aromatic rings. The first-order valence-corrected chi connectivity index (χ1v) is 8.40. The van der Waals surface area contributed by atoms with Crippen LogP contribution in [-0.4, -0.2) is 52.3 Å². The molecule has 2 aromatic heterocycles. The normalized spacial score (nSPS) is 18.2. The van der Waals surface area contributed by atoms with Gasteiger partial charge < -0.3 is 9.30 Å². The van der Waals surface area contributed by atoms with E-state index in [0.29, 0.717) is 5.88 Å². The van der Waals surface area contributed by atoms with Crippen molar-refractivity contribution in [3.63, 3.8) is 0 Å². The molecule has 1 saturated heterocycles. The maximum Gasteiger partial charge on any atom is 0.160 e. The van der Waals surface area contributed by atoms with Crippen molar-refractivity contribution in [1.29, 1.82) is 0 Å². The molecule has 21 heavy (non-hydrogen) atoms. The third-order valence-corrected chi connectivity index (χ3v) is 4.43. The molecule has 0 N–H and O–H groups in total. The highest BCUT2D eigenvalue weighted by molar-refractivity contribution is 9.10. The number of nitrogens with zero attached hydrogens (tertiary/aromatic N) is 4. The molecule has 0 saturated carbocycles. The standard InChI is InChI=1S/C14H18BrClN4O/c1-10(9-19-2-4-21-5-3-19)20-13(7-16)18-12-6-11(15)8-17-14(12)20/h6,8,10H,2-5,7,9H2,1H3. The number of pyridine rings is 1. The summed E-state index contributed by atoms with van der Waals surface area (Å²) in [7, 11) is 0. The fourth-order valence-electron chi connectivity index (χ4n) is 2.80. The Balaban J connectivity index is 1.90. The Morgan fingerprint density at radius 3 is 2.90 bits per heavy atom. The average molecular weight is 374 g/mol. The molecule has 0 spiro atoms. The number of alkyl halides is 1. The summed E-state index contributed by atoms with van der Waals surface area (Å²) in [6.07, 6.45) is 1.81. The van der Waals surface area contributed by atoms with E-state index < -0.39 is 0 Å². The molecule has 0 bridgehead atoms. The molecule has 3 heterocycles. The minimum Gasteiger partial charge on any atom is -0.379 e. The predicted molar refractivity (Wildman–Crippen MR) is 86.8 cm³/mol. The second-order valence-corrected chi connectivity index (χ2v) is 6.47. The van der Waals surface area contributed by atoms with Crippen LogP contribution in [0.1, 0.15) is 18.8 Å². The lowest BCUT2D eigenvalue weighted by Gasteiger charge is -2.30. The maximum absolute atomic E-state index is 6.07. The van der Waals surface area contributed by atoms with E-state index in [9.17, 15) is 0 Å². The van der Waals surface area contributed by atoms with Crippen LogP contribution in [0.5, 0.6) is 0 Å². The number of imidazole rings is 1. The second kappa shape index (κ2) is 6.60. The predicted octanol–water partition coefficient (Wildman–Crippen LogP) is 2.83. The molecule has 1 unspecified atom stereocenters. The summed E-state index contributed by atoms with van der Waals surface area (Å²) < 4.78 is 8.49. The van der Waals surface area contributed by atoms with Crippen molar-refractivity contribution in [2.24, 2.45) is 0 Å². The van der Waals surface area contributed by atoms with Crippen LogP contribution in [0.3, 0.4) is 0 Å². The number of ether oxygens (including phenoxy) is 1. The number of rotatable bonds is 4. The van der Waals surface area contributed by atoms with Crippen molar-refractivity contribution in [1.82, 2.24) is 19.4 Å². The number of aromatic nitrogens is 3. The van der Waals surface area contributed by atoms with E-state index in [-0.39, 0.29) is 6.04 Å². The highest BCUT2D eigenvalue weighted by Crippen LogP contribution is 2.24. The number of hydrogen-bond acceptors (Lipinski definition) is 4. The van der Waals surface area contributed by atoms with Gasteiger partial charge >= 0.3 is 0 Å². The van der Waals surface area contributed by atoms with Gasteiger partial charge in [-0.25, -0.2) is 9.97 Å². The van der Waals surface area contributed by atoms with Crippen molar-refractivity contribution in [2.75, 3.05) is 32.8 Å². The van der Waals surface area contributed by atoms with Gasteiger partial charge in [-0.05, 0) is 28.9 Å². The van der Waals surface area contributed by atoms with Gasteiger partial charge in [-0.1, -0.05) is 0 Å². The zero-order valence-electron chi connectivity index (χ0n) is 11.9. The molecular weight excluding hydrogens is 356 g/mol. The molecule has 1 fully saturated rings. The highest BCUT2D eigenvalue weighted by Gasteiger charge is 2.20. The number of halogens is 2. The Kier molecular flexibility index (Phi) is 4.78. The lowest BCUT2D eigenvalue weighted by molar-refractivity contribution is 0.0326. The number of fused-ring (bicyclic) bond motifs is 1. The summed E-state index contributed by atoms with van der Waals surface area (Å²) in [6.45, 7) is 6.72. The van der Waals surface area contributed by atoms with E-state index in [4.69, 9.17) is 16.3 Å². The van der Waals surface area contributed by atoms with Gasteiger partial charge in [0.05, 0.1) is 19.1 Å². The summed E-state index contributed by atoms with van der Waals surface area (Å²) in [6, 6.07) is 2.26. The van der Waals surface area contributed by atoms with Crippen LogP contribution >= 0.6 is 27.5 Å². The Labute approximate surface area is 137 Å². The smallest absolute Gasteiger partial charge is 0.160 e.